The third-order valence-corrected chi connectivity index (χ3v) is 6.44. The summed E-state index contributed by atoms with van der Waals surface area (Å²) in [6, 6.07) is 16.2. The lowest BCUT2D eigenvalue weighted by Crippen LogP contribution is -2.46. The number of carbonyl (C=O) groups excluding carboxylic acids is 1. The predicted molar refractivity (Wildman–Crippen MR) is 118 cm³/mol. The summed E-state index contributed by atoms with van der Waals surface area (Å²) in [6.45, 7) is 5.80. The van der Waals surface area contributed by atoms with Gasteiger partial charge in [-0.25, -0.2) is 0 Å². The molecule has 152 valence electrons. The second kappa shape index (κ2) is 8.90. The first-order valence-corrected chi connectivity index (χ1v) is 10.8. The fourth-order valence-electron chi connectivity index (χ4n) is 3.71. The standard InChI is InChI=1S/C22H26N4O2S/c1-24-19-8-7-18(15-20(19)29-22(24)28)23-21(27)9-10-25-11-13-26(14-12-25)16-17-5-3-2-4-6-17/h2-8,15H,9-14,16H2,1H3,(H,23,27). The number of nitrogens with zero attached hydrogens (tertiary/aromatic N) is 3. The highest BCUT2D eigenvalue weighted by molar-refractivity contribution is 7.16. The number of rotatable bonds is 6. The number of hydrogen-bond donors (Lipinski definition) is 1. The molecule has 2 heterocycles. The van der Waals surface area contributed by atoms with Gasteiger partial charge in [-0.3, -0.25) is 14.5 Å². The van der Waals surface area contributed by atoms with Crippen molar-refractivity contribution in [3.05, 3.63) is 63.8 Å². The predicted octanol–water partition coefficient (Wildman–Crippen LogP) is 2.75. The van der Waals surface area contributed by atoms with Gasteiger partial charge in [-0.1, -0.05) is 41.7 Å². The summed E-state index contributed by atoms with van der Waals surface area (Å²) in [4.78, 5) is 28.9. The number of amides is 1. The van der Waals surface area contributed by atoms with Crippen LogP contribution in [0.5, 0.6) is 0 Å². The fraction of sp³-hybridized carbons (Fsp3) is 0.364. The molecule has 2 aromatic carbocycles. The number of hydrogen-bond acceptors (Lipinski definition) is 5. The van der Waals surface area contributed by atoms with Gasteiger partial charge in [-0.2, -0.15) is 0 Å². The van der Waals surface area contributed by atoms with Crippen LogP contribution in [0, 0.1) is 0 Å². The normalized spacial score (nSPS) is 15.6. The van der Waals surface area contributed by atoms with Crippen molar-refractivity contribution in [1.82, 2.24) is 14.4 Å². The van der Waals surface area contributed by atoms with Gasteiger partial charge in [-0.05, 0) is 23.8 Å². The van der Waals surface area contributed by atoms with E-state index in [1.54, 1.807) is 11.6 Å². The molecule has 1 fully saturated rings. The molecule has 1 aliphatic heterocycles. The fourth-order valence-corrected chi connectivity index (χ4v) is 4.63. The Morgan fingerprint density at radius 1 is 1.03 bits per heavy atom. The molecule has 4 rings (SSSR count). The van der Waals surface area contributed by atoms with Crippen molar-refractivity contribution in [2.45, 2.75) is 13.0 Å². The highest BCUT2D eigenvalue weighted by Gasteiger charge is 2.17. The van der Waals surface area contributed by atoms with Crippen LogP contribution in [0.3, 0.4) is 0 Å². The largest absolute Gasteiger partial charge is 0.326 e. The molecule has 0 radical (unpaired) electrons. The van der Waals surface area contributed by atoms with Crippen LogP contribution in [0.25, 0.3) is 10.2 Å². The first kappa shape index (κ1) is 19.8. The van der Waals surface area contributed by atoms with Crippen LogP contribution in [0.4, 0.5) is 5.69 Å². The number of benzene rings is 2. The Bertz CT molecular complexity index is 1040. The number of piperazine rings is 1. The Morgan fingerprint density at radius 3 is 2.52 bits per heavy atom. The summed E-state index contributed by atoms with van der Waals surface area (Å²) >= 11 is 1.20. The molecule has 1 N–H and O–H groups in total. The highest BCUT2D eigenvalue weighted by atomic mass is 32.1. The van der Waals surface area contributed by atoms with E-state index < -0.39 is 0 Å². The first-order chi connectivity index (χ1) is 14.1. The van der Waals surface area contributed by atoms with Crippen molar-refractivity contribution in [2.24, 2.45) is 7.05 Å². The number of thiazole rings is 1. The summed E-state index contributed by atoms with van der Waals surface area (Å²) in [5, 5.41) is 2.96. The smallest absolute Gasteiger partial charge is 0.307 e. The van der Waals surface area contributed by atoms with Crippen LogP contribution >= 0.6 is 11.3 Å². The molecule has 0 atom stereocenters. The Balaban J connectivity index is 1.23. The maximum Gasteiger partial charge on any atom is 0.307 e. The number of anilines is 1. The van der Waals surface area contributed by atoms with Gasteiger partial charge in [0.05, 0.1) is 10.2 Å². The van der Waals surface area contributed by atoms with Gasteiger partial charge in [0.25, 0.3) is 0 Å². The molecule has 3 aromatic rings. The molecular weight excluding hydrogens is 384 g/mol. The minimum Gasteiger partial charge on any atom is -0.326 e. The summed E-state index contributed by atoms with van der Waals surface area (Å²) in [6.07, 6.45) is 0.474. The Kier molecular flexibility index (Phi) is 6.08. The number of nitrogens with one attached hydrogen (secondary N) is 1. The van der Waals surface area contributed by atoms with Gasteiger partial charge >= 0.3 is 4.87 Å². The quantitative estimate of drug-likeness (QED) is 0.679. The van der Waals surface area contributed by atoms with E-state index in [1.807, 2.05) is 24.3 Å². The van der Waals surface area contributed by atoms with Crippen molar-refractivity contribution < 1.29 is 4.79 Å². The van der Waals surface area contributed by atoms with Gasteiger partial charge in [0.2, 0.25) is 5.91 Å². The maximum atomic E-state index is 12.4. The SMILES string of the molecule is Cn1c(=O)sc2cc(NC(=O)CCN3CCN(Cc4ccccc4)CC3)ccc21. The van der Waals surface area contributed by atoms with Crippen LogP contribution in [0.15, 0.2) is 53.3 Å². The minimum atomic E-state index is 0.00915. The molecule has 6 nitrogen and oxygen atoms in total. The summed E-state index contributed by atoms with van der Waals surface area (Å²) in [5.41, 5.74) is 2.99. The molecular formula is C22H26N4O2S. The van der Waals surface area contributed by atoms with Gasteiger partial charge in [0.15, 0.2) is 0 Å². The van der Waals surface area contributed by atoms with Gasteiger partial charge in [-0.15, -0.1) is 0 Å². The van der Waals surface area contributed by atoms with E-state index in [2.05, 4.69) is 39.4 Å². The third kappa shape index (κ3) is 4.93. The lowest BCUT2D eigenvalue weighted by atomic mass is 10.2. The van der Waals surface area contributed by atoms with E-state index in [4.69, 9.17) is 0 Å². The maximum absolute atomic E-state index is 12.4. The Morgan fingerprint density at radius 2 is 1.76 bits per heavy atom. The molecule has 1 saturated heterocycles. The molecule has 1 aromatic heterocycles. The van der Waals surface area contributed by atoms with Gasteiger partial charge in [0, 0.05) is 58.4 Å². The van der Waals surface area contributed by atoms with E-state index in [9.17, 15) is 9.59 Å². The number of fused-ring (bicyclic) bond motifs is 1. The Hall–Kier alpha value is -2.48. The molecule has 0 spiro atoms. The van der Waals surface area contributed by atoms with Gasteiger partial charge < -0.3 is 14.8 Å². The molecule has 0 saturated carbocycles. The summed E-state index contributed by atoms with van der Waals surface area (Å²) in [7, 11) is 1.76. The average Bonchev–Trinajstić information content (AvgIpc) is 3.01. The topological polar surface area (TPSA) is 57.6 Å². The lowest BCUT2D eigenvalue weighted by molar-refractivity contribution is -0.116. The lowest BCUT2D eigenvalue weighted by Gasteiger charge is -2.34. The van der Waals surface area contributed by atoms with E-state index in [1.165, 1.54) is 16.9 Å². The Labute approximate surface area is 174 Å². The van der Waals surface area contributed by atoms with E-state index >= 15 is 0 Å². The van der Waals surface area contributed by atoms with Crippen molar-refractivity contribution in [1.29, 1.82) is 0 Å². The zero-order chi connectivity index (χ0) is 20.2. The van der Waals surface area contributed by atoms with Gasteiger partial charge in [0.1, 0.15) is 0 Å². The van der Waals surface area contributed by atoms with Crippen LogP contribution in [-0.4, -0.2) is 53.0 Å². The molecule has 1 aliphatic rings. The second-order valence-corrected chi connectivity index (χ2v) is 8.50. The van der Waals surface area contributed by atoms with Crippen LogP contribution in [0.2, 0.25) is 0 Å². The average molecular weight is 411 g/mol. The number of carbonyl (C=O) groups is 1. The van der Waals surface area contributed by atoms with Crippen molar-refractivity contribution in [3.8, 4) is 0 Å². The first-order valence-electron chi connectivity index (χ1n) is 9.96. The third-order valence-electron chi connectivity index (χ3n) is 5.45. The molecule has 0 aliphatic carbocycles. The van der Waals surface area contributed by atoms with Crippen molar-refractivity contribution >= 4 is 33.1 Å². The van der Waals surface area contributed by atoms with Crippen LogP contribution in [0.1, 0.15) is 12.0 Å². The van der Waals surface area contributed by atoms with Crippen LogP contribution < -0.4 is 10.2 Å². The highest BCUT2D eigenvalue weighted by Crippen LogP contribution is 2.21. The van der Waals surface area contributed by atoms with Crippen LogP contribution in [-0.2, 0) is 18.4 Å². The zero-order valence-corrected chi connectivity index (χ0v) is 17.5. The molecule has 1 amide bonds. The monoisotopic (exact) mass is 410 g/mol. The number of aryl methyl sites for hydroxylation is 1. The summed E-state index contributed by atoms with van der Waals surface area (Å²) < 4.78 is 2.52. The molecule has 29 heavy (non-hydrogen) atoms. The summed E-state index contributed by atoms with van der Waals surface area (Å²) in [5.74, 6) is 0.0133. The van der Waals surface area contributed by atoms with E-state index in [-0.39, 0.29) is 10.8 Å². The molecule has 0 bridgehead atoms. The van der Waals surface area contributed by atoms with Crippen molar-refractivity contribution in [2.75, 3.05) is 38.0 Å². The number of aromatic nitrogens is 1. The molecule has 7 heteroatoms. The zero-order valence-electron chi connectivity index (χ0n) is 16.6. The van der Waals surface area contributed by atoms with Crippen molar-refractivity contribution in [3.63, 3.8) is 0 Å². The molecule has 0 unspecified atom stereocenters. The second-order valence-electron chi connectivity index (χ2n) is 7.51. The minimum absolute atomic E-state index is 0.00915. The van der Waals surface area contributed by atoms with E-state index in [0.29, 0.717) is 6.42 Å². The van der Waals surface area contributed by atoms with E-state index in [0.717, 1.165) is 55.2 Å².